The highest BCUT2D eigenvalue weighted by atomic mass is 16.5. The van der Waals surface area contributed by atoms with Gasteiger partial charge in [0.2, 0.25) is 0 Å². The molecule has 7 heteroatoms. The molecule has 0 radical (unpaired) electrons. The zero-order valence-corrected chi connectivity index (χ0v) is 16.7. The van der Waals surface area contributed by atoms with E-state index in [0.29, 0.717) is 24.5 Å². The Morgan fingerprint density at radius 1 is 0.931 bits per heavy atom. The number of hydrogen-bond donors (Lipinski definition) is 1. The standard InChI is InChI=1S/C22H27N3O4/c1-27-21-5-3-2-4-18(21)22(26)23-19-7-6-17(24-8-12-28-13-9-24)16-20(19)25-10-14-29-15-11-25/h2-7,16H,8-15H2,1H3,(H,23,26). The van der Waals surface area contributed by atoms with Gasteiger partial charge in [-0.1, -0.05) is 12.1 Å². The summed E-state index contributed by atoms with van der Waals surface area (Å²) in [6.07, 6.45) is 0. The van der Waals surface area contributed by atoms with Crippen LogP contribution >= 0.6 is 0 Å². The predicted molar refractivity (Wildman–Crippen MR) is 113 cm³/mol. The van der Waals surface area contributed by atoms with E-state index in [-0.39, 0.29) is 5.91 Å². The quantitative estimate of drug-likeness (QED) is 0.837. The molecule has 2 aliphatic heterocycles. The molecule has 0 aliphatic carbocycles. The monoisotopic (exact) mass is 397 g/mol. The fourth-order valence-electron chi connectivity index (χ4n) is 3.73. The average molecular weight is 397 g/mol. The molecule has 2 aromatic rings. The highest BCUT2D eigenvalue weighted by molar-refractivity contribution is 6.07. The molecule has 4 rings (SSSR count). The fourth-order valence-corrected chi connectivity index (χ4v) is 3.73. The third-order valence-corrected chi connectivity index (χ3v) is 5.31. The highest BCUT2D eigenvalue weighted by Crippen LogP contribution is 2.33. The number of rotatable bonds is 5. The maximum absolute atomic E-state index is 13.0. The summed E-state index contributed by atoms with van der Waals surface area (Å²) < 4.78 is 16.3. The van der Waals surface area contributed by atoms with Gasteiger partial charge in [0.15, 0.2) is 0 Å². The first-order valence-corrected chi connectivity index (χ1v) is 10.00. The number of morpholine rings is 2. The van der Waals surface area contributed by atoms with Crippen LogP contribution in [-0.2, 0) is 9.47 Å². The van der Waals surface area contributed by atoms with Gasteiger partial charge in [-0.05, 0) is 30.3 Å². The van der Waals surface area contributed by atoms with Gasteiger partial charge in [-0.2, -0.15) is 0 Å². The van der Waals surface area contributed by atoms with Crippen LogP contribution in [0.4, 0.5) is 17.1 Å². The first-order valence-electron chi connectivity index (χ1n) is 10.00. The van der Waals surface area contributed by atoms with Gasteiger partial charge < -0.3 is 29.3 Å². The molecule has 0 saturated carbocycles. The van der Waals surface area contributed by atoms with E-state index < -0.39 is 0 Å². The van der Waals surface area contributed by atoms with Crippen LogP contribution in [0.1, 0.15) is 10.4 Å². The molecule has 2 aliphatic rings. The van der Waals surface area contributed by atoms with Gasteiger partial charge in [0.1, 0.15) is 5.75 Å². The molecule has 2 aromatic carbocycles. The van der Waals surface area contributed by atoms with Crippen molar-refractivity contribution >= 4 is 23.0 Å². The number of methoxy groups -OCH3 is 1. The molecule has 0 aromatic heterocycles. The van der Waals surface area contributed by atoms with E-state index in [0.717, 1.165) is 56.5 Å². The molecule has 2 saturated heterocycles. The van der Waals surface area contributed by atoms with E-state index in [9.17, 15) is 4.79 Å². The fraction of sp³-hybridized carbons (Fsp3) is 0.409. The smallest absolute Gasteiger partial charge is 0.259 e. The Labute approximate surface area is 171 Å². The van der Waals surface area contributed by atoms with Crippen LogP contribution in [0.15, 0.2) is 42.5 Å². The minimum Gasteiger partial charge on any atom is -0.496 e. The van der Waals surface area contributed by atoms with Gasteiger partial charge in [0.05, 0.1) is 50.5 Å². The second kappa shape index (κ2) is 9.15. The maximum Gasteiger partial charge on any atom is 0.259 e. The van der Waals surface area contributed by atoms with Crippen molar-refractivity contribution in [2.75, 3.05) is 74.8 Å². The molecular weight excluding hydrogens is 370 g/mol. The normalized spacial score (nSPS) is 17.1. The number of nitrogens with one attached hydrogen (secondary N) is 1. The number of hydrogen-bond acceptors (Lipinski definition) is 6. The van der Waals surface area contributed by atoms with Gasteiger partial charge in [0.25, 0.3) is 5.91 Å². The molecule has 2 fully saturated rings. The van der Waals surface area contributed by atoms with Crippen molar-refractivity contribution in [1.82, 2.24) is 0 Å². The molecule has 7 nitrogen and oxygen atoms in total. The van der Waals surface area contributed by atoms with Crippen molar-refractivity contribution in [3.8, 4) is 5.75 Å². The Morgan fingerprint density at radius 3 is 2.28 bits per heavy atom. The van der Waals surface area contributed by atoms with Crippen molar-refractivity contribution < 1.29 is 19.0 Å². The summed E-state index contributed by atoms with van der Waals surface area (Å²) >= 11 is 0. The van der Waals surface area contributed by atoms with E-state index in [2.05, 4.69) is 27.2 Å². The van der Waals surface area contributed by atoms with E-state index in [1.165, 1.54) is 0 Å². The largest absolute Gasteiger partial charge is 0.496 e. The third-order valence-electron chi connectivity index (χ3n) is 5.31. The number of ether oxygens (including phenoxy) is 3. The molecule has 29 heavy (non-hydrogen) atoms. The van der Waals surface area contributed by atoms with Crippen LogP contribution in [0.5, 0.6) is 5.75 Å². The third kappa shape index (κ3) is 4.46. The van der Waals surface area contributed by atoms with E-state index in [1.807, 2.05) is 18.2 Å². The Morgan fingerprint density at radius 2 is 1.59 bits per heavy atom. The molecule has 0 unspecified atom stereocenters. The van der Waals surface area contributed by atoms with E-state index in [1.54, 1.807) is 19.2 Å². The van der Waals surface area contributed by atoms with Gasteiger partial charge in [-0.25, -0.2) is 0 Å². The second-order valence-electron chi connectivity index (χ2n) is 7.05. The zero-order valence-electron chi connectivity index (χ0n) is 16.7. The topological polar surface area (TPSA) is 63.3 Å². The van der Waals surface area contributed by atoms with Gasteiger partial charge in [0, 0.05) is 31.9 Å². The van der Waals surface area contributed by atoms with Gasteiger partial charge in [-0.3, -0.25) is 4.79 Å². The molecule has 154 valence electrons. The molecular formula is C22H27N3O4. The first kappa shape index (κ1) is 19.5. The SMILES string of the molecule is COc1ccccc1C(=O)Nc1ccc(N2CCOCC2)cc1N1CCOCC1. The van der Waals surface area contributed by atoms with Crippen LogP contribution in [0.2, 0.25) is 0 Å². The highest BCUT2D eigenvalue weighted by Gasteiger charge is 2.20. The van der Waals surface area contributed by atoms with Crippen LogP contribution in [-0.4, -0.2) is 65.6 Å². The number of benzene rings is 2. The number of amides is 1. The number of para-hydroxylation sites is 1. The van der Waals surface area contributed by atoms with Crippen molar-refractivity contribution in [3.05, 3.63) is 48.0 Å². The number of nitrogens with zero attached hydrogens (tertiary/aromatic N) is 2. The number of anilines is 3. The van der Waals surface area contributed by atoms with Gasteiger partial charge in [-0.15, -0.1) is 0 Å². The van der Waals surface area contributed by atoms with Crippen LogP contribution in [0, 0.1) is 0 Å². The lowest BCUT2D eigenvalue weighted by Gasteiger charge is -2.33. The number of carbonyl (C=O) groups excluding carboxylic acids is 1. The van der Waals surface area contributed by atoms with Crippen LogP contribution < -0.4 is 19.9 Å². The van der Waals surface area contributed by atoms with Crippen molar-refractivity contribution in [2.45, 2.75) is 0 Å². The summed E-state index contributed by atoms with van der Waals surface area (Å²) in [7, 11) is 1.57. The summed E-state index contributed by atoms with van der Waals surface area (Å²) in [6.45, 7) is 6.17. The predicted octanol–water partition coefficient (Wildman–Crippen LogP) is 2.62. The Hall–Kier alpha value is -2.77. The minimum absolute atomic E-state index is 0.184. The Kier molecular flexibility index (Phi) is 6.17. The van der Waals surface area contributed by atoms with Gasteiger partial charge >= 0.3 is 0 Å². The van der Waals surface area contributed by atoms with E-state index >= 15 is 0 Å². The lowest BCUT2D eigenvalue weighted by Crippen LogP contribution is -2.38. The first-order chi connectivity index (χ1) is 14.3. The Balaban J connectivity index is 1.63. The summed E-state index contributed by atoms with van der Waals surface area (Å²) in [6, 6.07) is 13.5. The number of carbonyl (C=O) groups is 1. The molecule has 0 bridgehead atoms. The maximum atomic E-state index is 13.0. The molecule has 0 spiro atoms. The second-order valence-corrected chi connectivity index (χ2v) is 7.05. The summed E-state index contributed by atoms with van der Waals surface area (Å²) in [5.74, 6) is 0.374. The van der Waals surface area contributed by atoms with Crippen molar-refractivity contribution in [1.29, 1.82) is 0 Å². The Bertz CT molecular complexity index is 846. The average Bonchev–Trinajstić information content (AvgIpc) is 2.80. The lowest BCUT2D eigenvalue weighted by atomic mass is 10.1. The van der Waals surface area contributed by atoms with Crippen LogP contribution in [0.25, 0.3) is 0 Å². The zero-order chi connectivity index (χ0) is 20.1. The summed E-state index contributed by atoms with van der Waals surface area (Å²) in [4.78, 5) is 17.5. The van der Waals surface area contributed by atoms with E-state index in [4.69, 9.17) is 14.2 Å². The molecule has 1 amide bonds. The summed E-state index contributed by atoms with van der Waals surface area (Å²) in [5, 5.41) is 3.08. The van der Waals surface area contributed by atoms with Crippen molar-refractivity contribution in [3.63, 3.8) is 0 Å². The lowest BCUT2D eigenvalue weighted by molar-refractivity contribution is 0.102. The summed E-state index contributed by atoms with van der Waals surface area (Å²) in [5.41, 5.74) is 3.46. The molecule has 2 heterocycles. The minimum atomic E-state index is -0.184. The molecule has 0 atom stereocenters. The van der Waals surface area contributed by atoms with Crippen molar-refractivity contribution in [2.24, 2.45) is 0 Å². The molecule has 1 N–H and O–H groups in total. The van der Waals surface area contributed by atoms with Crippen LogP contribution in [0.3, 0.4) is 0 Å².